The number of hydrogen-bond acceptors (Lipinski definition) is 5. The Kier molecular flexibility index (Phi) is 3.99. The summed E-state index contributed by atoms with van der Waals surface area (Å²) in [6.45, 7) is 1.83. The third-order valence-corrected chi connectivity index (χ3v) is 3.86. The SMILES string of the molecule is Cc1nc(N)nc(NC(CCc2ccccc2)C2CC2)n1. The predicted molar refractivity (Wildman–Crippen MR) is 83.9 cm³/mol. The molecule has 1 aromatic heterocycles. The van der Waals surface area contributed by atoms with Gasteiger partial charge in [-0.2, -0.15) is 15.0 Å². The fraction of sp³-hybridized carbons (Fsp3) is 0.438. The van der Waals surface area contributed by atoms with Crippen LogP contribution in [0, 0.1) is 12.8 Å². The van der Waals surface area contributed by atoms with Gasteiger partial charge in [0.2, 0.25) is 11.9 Å². The Labute approximate surface area is 125 Å². The highest BCUT2D eigenvalue weighted by Gasteiger charge is 2.31. The normalized spacial score (nSPS) is 15.7. The van der Waals surface area contributed by atoms with Crippen LogP contribution in [-0.2, 0) is 6.42 Å². The van der Waals surface area contributed by atoms with Crippen LogP contribution in [0.15, 0.2) is 30.3 Å². The zero-order valence-electron chi connectivity index (χ0n) is 12.3. The van der Waals surface area contributed by atoms with Gasteiger partial charge in [-0.05, 0) is 44.1 Å². The maximum absolute atomic E-state index is 5.69. The van der Waals surface area contributed by atoms with Gasteiger partial charge in [0, 0.05) is 6.04 Å². The topological polar surface area (TPSA) is 76.7 Å². The van der Waals surface area contributed by atoms with Crippen LogP contribution in [-0.4, -0.2) is 21.0 Å². The van der Waals surface area contributed by atoms with Crippen molar-refractivity contribution in [1.82, 2.24) is 15.0 Å². The van der Waals surface area contributed by atoms with E-state index in [9.17, 15) is 0 Å². The van der Waals surface area contributed by atoms with Gasteiger partial charge in [-0.3, -0.25) is 0 Å². The van der Waals surface area contributed by atoms with Crippen molar-refractivity contribution in [3.63, 3.8) is 0 Å². The number of rotatable bonds is 6. The van der Waals surface area contributed by atoms with Crippen LogP contribution in [0.25, 0.3) is 0 Å². The molecule has 0 aliphatic heterocycles. The van der Waals surface area contributed by atoms with Crippen molar-refractivity contribution in [1.29, 1.82) is 0 Å². The van der Waals surface area contributed by atoms with Crippen molar-refractivity contribution >= 4 is 11.9 Å². The minimum atomic E-state index is 0.280. The Bertz CT molecular complexity index is 575. The standard InChI is InChI=1S/C16H21N5/c1-11-18-15(17)21-16(19-11)20-14(13-8-9-13)10-7-12-5-3-2-4-6-12/h2-6,13-14H,7-10H2,1H3,(H3,17,18,19,20,21). The highest BCUT2D eigenvalue weighted by atomic mass is 15.2. The van der Waals surface area contributed by atoms with E-state index in [2.05, 4.69) is 50.6 Å². The van der Waals surface area contributed by atoms with Gasteiger partial charge in [-0.1, -0.05) is 30.3 Å². The summed E-state index contributed by atoms with van der Waals surface area (Å²) in [5.74, 6) is 2.27. The van der Waals surface area contributed by atoms with E-state index in [0.717, 1.165) is 18.8 Å². The smallest absolute Gasteiger partial charge is 0.227 e. The lowest BCUT2D eigenvalue weighted by Crippen LogP contribution is -2.24. The van der Waals surface area contributed by atoms with Gasteiger partial charge in [0.1, 0.15) is 5.82 Å². The molecule has 1 heterocycles. The van der Waals surface area contributed by atoms with Crippen LogP contribution in [0.4, 0.5) is 11.9 Å². The Morgan fingerprint density at radius 3 is 2.62 bits per heavy atom. The highest BCUT2D eigenvalue weighted by molar-refractivity contribution is 5.32. The van der Waals surface area contributed by atoms with Crippen molar-refractivity contribution in [2.45, 2.75) is 38.6 Å². The van der Waals surface area contributed by atoms with E-state index < -0.39 is 0 Å². The molecule has 1 unspecified atom stereocenters. The van der Waals surface area contributed by atoms with Crippen LogP contribution in [0.3, 0.4) is 0 Å². The molecule has 1 atom stereocenters. The molecule has 0 amide bonds. The van der Waals surface area contributed by atoms with Gasteiger partial charge in [0.25, 0.3) is 0 Å². The summed E-state index contributed by atoms with van der Waals surface area (Å²) in [5.41, 5.74) is 7.06. The average Bonchev–Trinajstić information content (AvgIpc) is 3.28. The summed E-state index contributed by atoms with van der Waals surface area (Å²) in [7, 11) is 0. The fourth-order valence-corrected chi connectivity index (χ4v) is 2.62. The fourth-order valence-electron chi connectivity index (χ4n) is 2.62. The number of nitrogens with two attached hydrogens (primary N) is 1. The van der Waals surface area contributed by atoms with Gasteiger partial charge < -0.3 is 11.1 Å². The number of nitrogens with zero attached hydrogens (tertiary/aromatic N) is 3. The van der Waals surface area contributed by atoms with Crippen molar-refractivity contribution in [2.24, 2.45) is 5.92 Å². The van der Waals surface area contributed by atoms with Crippen molar-refractivity contribution in [3.8, 4) is 0 Å². The summed E-state index contributed by atoms with van der Waals surface area (Å²) >= 11 is 0. The number of hydrogen-bond donors (Lipinski definition) is 2. The minimum absolute atomic E-state index is 0.280. The lowest BCUT2D eigenvalue weighted by atomic mass is 10.0. The second-order valence-electron chi connectivity index (χ2n) is 5.68. The third kappa shape index (κ3) is 3.90. The molecule has 1 aliphatic carbocycles. The number of nitrogens with one attached hydrogen (secondary N) is 1. The molecule has 0 radical (unpaired) electrons. The molecule has 110 valence electrons. The second kappa shape index (κ2) is 6.08. The zero-order valence-corrected chi connectivity index (χ0v) is 12.3. The Morgan fingerprint density at radius 1 is 1.19 bits per heavy atom. The maximum Gasteiger partial charge on any atom is 0.227 e. The Balaban J connectivity index is 1.64. The lowest BCUT2D eigenvalue weighted by Gasteiger charge is -2.18. The molecule has 21 heavy (non-hydrogen) atoms. The summed E-state index contributed by atoms with van der Waals surface area (Å²) in [6.07, 6.45) is 4.71. The molecular weight excluding hydrogens is 262 g/mol. The number of aromatic nitrogens is 3. The monoisotopic (exact) mass is 283 g/mol. The molecule has 3 N–H and O–H groups in total. The molecular formula is C16H21N5. The first-order valence-electron chi connectivity index (χ1n) is 7.49. The number of anilines is 2. The first-order valence-corrected chi connectivity index (χ1v) is 7.49. The van der Waals surface area contributed by atoms with Crippen LogP contribution < -0.4 is 11.1 Å². The van der Waals surface area contributed by atoms with E-state index in [1.165, 1.54) is 18.4 Å². The van der Waals surface area contributed by atoms with E-state index in [1.54, 1.807) is 0 Å². The van der Waals surface area contributed by atoms with E-state index in [4.69, 9.17) is 5.73 Å². The van der Waals surface area contributed by atoms with Crippen molar-refractivity contribution in [3.05, 3.63) is 41.7 Å². The van der Waals surface area contributed by atoms with E-state index in [-0.39, 0.29) is 5.95 Å². The van der Waals surface area contributed by atoms with E-state index >= 15 is 0 Å². The van der Waals surface area contributed by atoms with Gasteiger partial charge in [-0.15, -0.1) is 0 Å². The highest BCUT2D eigenvalue weighted by Crippen LogP contribution is 2.35. The van der Waals surface area contributed by atoms with Crippen molar-refractivity contribution in [2.75, 3.05) is 11.1 Å². The first-order chi connectivity index (χ1) is 10.2. The number of nitrogen functional groups attached to an aromatic ring is 1. The predicted octanol–water partition coefficient (Wildman–Crippen LogP) is 2.59. The maximum atomic E-state index is 5.69. The summed E-state index contributed by atoms with van der Waals surface area (Å²) in [4.78, 5) is 12.5. The van der Waals surface area contributed by atoms with Crippen LogP contribution in [0.2, 0.25) is 0 Å². The molecule has 3 rings (SSSR count). The van der Waals surface area contributed by atoms with Gasteiger partial charge in [-0.25, -0.2) is 0 Å². The molecule has 1 aliphatic rings. The van der Waals surface area contributed by atoms with Crippen molar-refractivity contribution < 1.29 is 0 Å². The minimum Gasteiger partial charge on any atom is -0.368 e. The Hall–Kier alpha value is -2.17. The quantitative estimate of drug-likeness (QED) is 0.852. The van der Waals surface area contributed by atoms with Gasteiger partial charge >= 0.3 is 0 Å². The summed E-state index contributed by atoms with van der Waals surface area (Å²) in [6, 6.07) is 11.0. The van der Waals surface area contributed by atoms with Crippen LogP contribution >= 0.6 is 0 Å². The van der Waals surface area contributed by atoms with Crippen LogP contribution in [0.5, 0.6) is 0 Å². The lowest BCUT2D eigenvalue weighted by molar-refractivity contribution is 0.581. The molecule has 5 heteroatoms. The molecule has 1 aromatic carbocycles. The van der Waals surface area contributed by atoms with E-state index in [1.807, 2.05) is 6.92 Å². The third-order valence-electron chi connectivity index (χ3n) is 3.86. The summed E-state index contributed by atoms with van der Waals surface area (Å²) in [5, 5.41) is 3.45. The summed E-state index contributed by atoms with van der Waals surface area (Å²) < 4.78 is 0. The first kappa shape index (κ1) is 13.8. The zero-order chi connectivity index (χ0) is 14.7. The number of aryl methyl sites for hydroxylation is 2. The molecule has 0 spiro atoms. The Morgan fingerprint density at radius 2 is 1.95 bits per heavy atom. The molecule has 1 saturated carbocycles. The molecule has 0 bridgehead atoms. The molecule has 5 nitrogen and oxygen atoms in total. The van der Waals surface area contributed by atoms with Gasteiger partial charge in [0.15, 0.2) is 0 Å². The largest absolute Gasteiger partial charge is 0.368 e. The van der Waals surface area contributed by atoms with E-state index in [0.29, 0.717) is 17.8 Å². The van der Waals surface area contributed by atoms with Crippen LogP contribution in [0.1, 0.15) is 30.7 Å². The molecule has 0 saturated heterocycles. The second-order valence-corrected chi connectivity index (χ2v) is 5.68. The molecule has 1 fully saturated rings. The van der Waals surface area contributed by atoms with Gasteiger partial charge in [0.05, 0.1) is 0 Å². The molecule has 2 aromatic rings. The average molecular weight is 283 g/mol. The number of benzene rings is 1.